The highest BCUT2D eigenvalue weighted by Gasteiger charge is 2.35. The number of nitrogens with zero attached hydrogens (tertiary/aromatic N) is 3. The molecule has 0 aliphatic heterocycles. The van der Waals surface area contributed by atoms with Crippen LogP contribution in [0.1, 0.15) is 25.0 Å². The minimum Gasteiger partial charge on any atom is -0.456 e. The smallest absolute Gasteiger partial charge is 0.164 e. The van der Waals surface area contributed by atoms with Gasteiger partial charge in [-0.05, 0) is 110 Å². The van der Waals surface area contributed by atoms with E-state index < -0.39 is 0 Å². The summed E-state index contributed by atoms with van der Waals surface area (Å²) < 4.78 is 12.9. The molecule has 306 valence electrons. The molecule has 0 saturated heterocycles. The molecule has 5 heteroatoms. The molecule has 0 unspecified atom stereocenters. The van der Waals surface area contributed by atoms with Gasteiger partial charge in [0.15, 0.2) is 17.5 Å². The minimum absolute atomic E-state index is 0.0704. The second-order valence-corrected chi connectivity index (χ2v) is 17.6. The lowest BCUT2D eigenvalue weighted by atomic mass is 9.81. The SMILES string of the molecule is CC1(C)c2ccccc2-c2ccc(-c3cccc(-c4ccc5oc6cccc(-c7nc(-c8cccc(-c9ccccc9)c8)nc(-c8ccc9c(c8)oc8ccccc89)n7)c6c5c4)c3)cc21. The molecule has 0 N–H and O–H groups in total. The molecule has 1 aliphatic rings. The molecule has 3 heterocycles. The average molecular weight is 834 g/mol. The molecule has 1 aliphatic carbocycles. The second kappa shape index (κ2) is 14.3. The van der Waals surface area contributed by atoms with E-state index in [4.69, 9.17) is 23.8 Å². The molecule has 65 heavy (non-hydrogen) atoms. The Kier molecular flexibility index (Phi) is 8.18. The van der Waals surface area contributed by atoms with Crippen molar-refractivity contribution >= 4 is 43.9 Å². The van der Waals surface area contributed by atoms with E-state index in [0.717, 1.165) is 82.8 Å². The summed E-state index contributed by atoms with van der Waals surface area (Å²) in [5.74, 6) is 1.69. The normalized spacial score (nSPS) is 12.9. The van der Waals surface area contributed by atoms with Crippen LogP contribution in [-0.4, -0.2) is 15.0 Å². The fourth-order valence-electron chi connectivity index (χ4n) is 10.0. The number of benzene rings is 9. The van der Waals surface area contributed by atoms with Crippen LogP contribution in [0.5, 0.6) is 0 Å². The van der Waals surface area contributed by atoms with Crippen LogP contribution in [0.3, 0.4) is 0 Å². The maximum atomic E-state index is 6.58. The lowest BCUT2D eigenvalue weighted by molar-refractivity contribution is 0.660. The van der Waals surface area contributed by atoms with Crippen LogP contribution < -0.4 is 0 Å². The summed E-state index contributed by atoms with van der Waals surface area (Å²) >= 11 is 0. The number of hydrogen-bond donors (Lipinski definition) is 0. The van der Waals surface area contributed by atoms with Gasteiger partial charge in [0.25, 0.3) is 0 Å². The zero-order valence-electron chi connectivity index (χ0n) is 35.7. The van der Waals surface area contributed by atoms with Crippen LogP contribution in [-0.2, 0) is 5.41 Å². The summed E-state index contributed by atoms with van der Waals surface area (Å²) in [6, 6.07) is 70.3. The van der Waals surface area contributed by atoms with Crippen molar-refractivity contribution in [1.29, 1.82) is 0 Å². The van der Waals surface area contributed by atoms with Gasteiger partial charge in [-0.15, -0.1) is 0 Å². The second-order valence-electron chi connectivity index (χ2n) is 17.6. The van der Waals surface area contributed by atoms with Gasteiger partial charge in [-0.25, -0.2) is 15.0 Å². The van der Waals surface area contributed by atoms with E-state index in [2.05, 4.69) is 172 Å². The van der Waals surface area contributed by atoms with Gasteiger partial charge in [0.05, 0.1) is 0 Å². The predicted octanol–water partition coefficient (Wildman–Crippen LogP) is 16.0. The first-order chi connectivity index (χ1) is 31.9. The maximum absolute atomic E-state index is 6.58. The highest BCUT2D eigenvalue weighted by atomic mass is 16.3. The van der Waals surface area contributed by atoms with Crippen molar-refractivity contribution in [2.45, 2.75) is 19.3 Å². The van der Waals surface area contributed by atoms with Gasteiger partial charge in [0.1, 0.15) is 22.3 Å². The number of para-hydroxylation sites is 1. The number of rotatable bonds is 6. The molecule has 0 radical (unpaired) electrons. The van der Waals surface area contributed by atoms with Crippen molar-refractivity contribution < 1.29 is 8.83 Å². The van der Waals surface area contributed by atoms with Crippen molar-refractivity contribution in [1.82, 2.24) is 15.0 Å². The minimum atomic E-state index is -0.0704. The zero-order chi connectivity index (χ0) is 43.2. The number of aromatic nitrogens is 3. The molecule has 0 bridgehead atoms. The van der Waals surface area contributed by atoms with Gasteiger partial charge < -0.3 is 8.83 Å². The van der Waals surface area contributed by atoms with Crippen molar-refractivity contribution in [3.05, 3.63) is 211 Å². The van der Waals surface area contributed by atoms with Crippen LogP contribution >= 0.6 is 0 Å². The lowest BCUT2D eigenvalue weighted by Crippen LogP contribution is -2.14. The van der Waals surface area contributed by atoms with Crippen LogP contribution in [0.4, 0.5) is 0 Å². The summed E-state index contributed by atoms with van der Waals surface area (Å²) in [7, 11) is 0. The Balaban J connectivity index is 0.946. The highest BCUT2D eigenvalue weighted by Crippen LogP contribution is 2.50. The molecule has 0 fully saturated rings. The Morgan fingerprint density at radius 1 is 0.308 bits per heavy atom. The molecule has 0 atom stereocenters. The molecular formula is C60H39N3O2. The molecule has 12 aromatic rings. The Morgan fingerprint density at radius 2 is 0.831 bits per heavy atom. The highest BCUT2D eigenvalue weighted by molar-refractivity contribution is 6.13. The molecule has 5 nitrogen and oxygen atoms in total. The Hall–Kier alpha value is -8.41. The fraction of sp³-hybridized carbons (Fsp3) is 0.0500. The molecule has 3 aromatic heterocycles. The molecule has 0 saturated carbocycles. The van der Waals surface area contributed by atoms with E-state index >= 15 is 0 Å². The zero-order valence-corrected chi connectivity index (χ0v) is 35.7. The lowest BCUT2D eigenvalue weighted by Gasteiger charge is -2.22. The van der Waals surface area contributed by atoms with E-state index in [9.17, 15) is 0 Å². The largest absolute Gasteiger partial charge is 0.456 e. The van der Waals surface area contributed by atoms with Gasteiger partial charge in [-0.1, -0.05) is 159 Å². The molecule has 0 spiro atoms. The van der Waals surface area contributed by atoms with Crippen molar-refractivity contribution in [2.75, 3.05) is 0 Å². The quantitative estimate of drug-likeness (QED) is 0.167. The molecule has 9 aromatic carbocycles. The summed E-state index contributed by atoms with van der Waals surface area (Å²) in [5, 5.41) is 4.07. The summed E-state index contributed by atoms with van der Waals surface area (Å²) in [5.41, 5.74) is 17.9. The van der Waals surface area contributed by atoms with E-state index in [1.165, 1.54) is 33.4 Å². The van der Waals surface area contributed by atoms with Gasteiger partial charge in [0, 0.05) is 43.7 Å². The number of hydrogen-bond acceptors (Lipinski definition) is 5. The standard InChI is InChI=1S/C60H39N3O2/c1-60(2)50-22-8-6-19-44(50)45-28-25-41(34-51(45)60)39-17-10-16-38(31-39)40-27-30-53-49(33-40)56-48(21-12-24-54(56)64-53)59-62-57(42-18-11-15-37(32-42)36-13-4-3-5-14-36)61-58(63-59)43-26-29-47-46-20-7-9-23-52(46)65-55(47)35-43/h3-35H,1-2H3. The van der Waals surface area contributed by atoms with Crippen molar-refractivity contribution in [3.8, 4) is 78.7 Å². The third-order valence-electron chi connectivity index (χ3n) is 13.3. The van der Waals surface area contributed by atoms with Crippen molar-refractivity contribution in [2.24, 2.45) is 0 Å². The fourth-order valence-corrected chi connectivity index (χ4v) is 10.0. The van der Waals surface area contributed by atoms with E-state index in [1.54, 1.807) is 0 Å². The Labute approximate surface area is 375 Å². The van der Waals surface area contributed by atoms with Gasteiger partial charge in [-0.3, -0.25) is 0 Å². The first-order valence-corrected chi connectivity index (χ1v) is 22.1. The van der Waals surface area contributed by atoms with Gasteiger partial charge in [-0.2, -0.15) is 0 Å². The van der Waals surface area contributed by atoms with Crippen molar-refractivity contribution in [3.63, 3.8) is 0 Å². The monoisotopic (exact) mass is 833 g/mol. The van der Waals surface area contributed by atoms with E-state index in [-0.39, 0.29) is 5.41 Å². The summed E-state index contributed by atoms with van der Waals surface area (Å²) in [6.07, 6.45) is 0. The third kappa shape index (κ3) is 6.04. The predicted molar refractivity (Wildman–Crippen MR) is 265 cm³/mol. The van der Waals surface area contributed by atoms with E-state index in [1.807, 2.05) is 42.5 Å². The van der Waals surface area contributed by atoms with Gasteiger partial charge in [0.2, 0.25) is 0 Å². The number of fused-ring (bicyclic) bond motifs is 9. The van der Waals surface area contributed by atoms with Crippen LogP contribution in [0.2, 0.25) is 0 Å². The Bertz CT molecular complexity index is 3880. The first-order valence-electron chi connectivity index (χ1n) is 22.1. The first kappa shape index (κ1) is 37.2. The Morgan fingerprint density at radius 3 is 1.68 bits per heavy atom. The summed E-state index contributed by atoms with van der Waals surface area (Å²) in [4.78, 5) is 15.7. The number of furan rings is 2. The van der Waals surface area contributed by atoms with Crippen LogP contribution in [0, 0.1) is 0 Å². The van der Waals surface area contributed by atoms with Crippen LogP contribution in [0.15, 0.2) is 209 Å². The maximum Gasteiger partial charge on any atom is 0.164 e. The molecular weight excluding hydrogens is 795 g/mol. The van der Waals surface area contributed by atoms with Crippen LogP contribution in [0.25, 0.3) is 123 Å². The average Bonchev–Trinajstić information content (AvgIpc) is 4.01. The van der Waals surface area contributed by atoms with E-state index in [0.29, 0.717) is 17.5 Å². The topological polar surface area (TPSA) is 65.0 Å². The summed E-state index contributed by atoms with van der Waals surface area (Å²) in [6.45, 7) is 4.67. The van der Waals surface area contributed by atoms with Gasteiger partial charge >= 0.3 is 0 Å². The molecule has 0 amide bonds. The molecule has 13 rings (SSSR count). The third-order valence-corrected chi connectivity index (χ3v) is 13.3.